The molecule has 5 heteroatoms. The van der Waals surface area contributed by atoms with Gasteiger partial charge in [-0.05, 0) is 63.5 Å². The van der Waals surface area contributed by atoms with Gasteiger partial charge in [-0.25, -0.2) is 0 Å². The topological polar surface area (TPSA) is 57.4 Å². The highest BCUT2D eigenvalue weighted by Crippen LogP contribution is 2.23. The van der Waals surface area contributed by atoms with Crippen LogP contribution < -0.4 is 10.1 Å². The molecule has 1 aliphatic rings. The van der Waals surface area contributed by atoms with Gasteiger partial charge in [-0.15, -0.1) is 0 Å². The zero-order chi connectivity index (χ0) is 16.9. The molecular weight excluding hydrogens is 302 g/mol. The fourth-order valence-electron chi connectivity index (χ4n) is 3.31. The fraction of sp³-hybridized carbons (Fsp3) is 0.526. The Morgan fingerprint density at radius 1 is 1.42 bits per heavy atom. The van der Waals surface area contributed by atoms with Gasteiger partial charge in [0.1, 0.15) is 11.4 Å². The molecule has 130 valence electrons. The predicted molar refractivity (Wildman–Crippen MR) is 96.7 cm³/mol. The van der Waals surface area contributed by atoms with Gasteiger partial charge in [0.25, 0.3) is 5.91 Å². The molecule has 2 aromatic rings. The van der Waals surface area contributed by atoms with Crippen molar-refractivity contribution in [3.8, 4) is 5.75 Å². The number of benzene rings is 1. The largest absolute Gasteiger partial charge is 0.494 e. The van der Waals surface area contributed by atoms with Crippen LogP contribution in [-0.2, 0) is 0 Å². The van der Waals surface area contributed by atoms with E-state index < -0.39 is 0 Å². The number of amides is 1. The number of hydrogen-bond acceptors (Lipinski definition) is 3. The smallest absolute Gasteiger partial charge is 0.267 e. The number of aromatic nitrogens is 1. The molecule has 1 amide bonds. The molecule has 1 aromatic carbocycles. The van der Waals surface area contributed by atoms with Crippen molar-refractivity contribution in [2.45, 2.75) is 38.6 Å². The van der Waals surface area contributed by atoms with Crippen LogP contribution in [0.5, 0.6) is 5.75 Å². The number of hydrogen-bond donors (Lipinski definition) is 2. The lowest BCUT2D eigenvalue weighted by atomic mass is 10.1. The highest BCUT2D eigenvalue weighted by Gasteiger charge is 2.20. The van der Waals surface area contributed by atoms with Gasteiger partial charge >= 0.3 is 0 Å². The van der Waals surface area contributed by atoms with E-state index in [4.69, 9.17) is 4.74 Å². The predicted octanol–water partition coefficient (Wildman–Crippen LogP) is 3.17. The summed E-state index contributed by atoms with van der Waals surface area (Å²) in [6, 6.07) is 8.47. The summed E-state index contributed by atoms with van der Waals surface area (Å²) in [5, 5.41) is 3.89. The van der Waals surface area contributed by atoms with Crippen LogP contribution in [0.2, 0.25) is 0 Å². The second-order valence-corrected chi connectivity index (χ2v) is 6.60. The summed E-state index contributed by atoms with van der Waals surface area (Å²) in [5.74, 6) is 0.808. The first-order valence-electron chi connectivity index (χ1n) is 8.91. The first-order valence-corrected chi connectivity index (χ1v) is 8.91. The summed E-state index contributed by atoms with van der Waals surface area (Å²) in [6.07, 6.45) is 4.55. The van der Waals surface area contributed by atoms with Crippen LogP contribution in [0.25, 0.3) is 10.9 Å². The van der Waals surface area contributed by atoms with Gasteiger partial charge < -0.3 is 19.9 Å². The zero-order valence-corrected chi connectivity index (χ0v) is 14.6. The van der Waals surface area contributed by atoms with E-state index in [2.05, 4.69) is 22.2 Å². The number of likely N-dealkylation sites (tertiary alicyclic amines) is 1. The third-order valence-corrected chi connectivity index (χ3v) is 4.76. The Bertz CT molecular complexity index is 695. The molecule has 24 heavy (non-hydrogen) atoms. The summed E-state index contributed by atoms with van der Waals surface area (Å²) in [5.41, 5.74) is 1.56. The Kier molecular flexibility index (Phi) is 5.41. The monoisotopic (exact) mass is 329 g/mol. The molecule has 0 spiro atoms. The van der Waals surface area contributed by atoms with Gasteiger partial charge in [0.2, 0.25) is 0 Å². The number of nitrogens with zero attached hydrogens (tertiary/aromatic N) is 1. The van der Waals surface area contributed by atoms with Crippen molar-refractivity contribution in [2.24, 2.45) is 0 Å². The zero-order valence-electron chi connectivity index (χ0n) is 14.6. The summed E-state index contributed by atoms with van der Waals surface area (Å²) in [6.45, 7) is 4.66. The SMILES string of the molecule is CCCNC(=O)c1cc2cc(OCCC3CCCN3C)ccc2[nH]1. The molecule has 1 aliphatic heterocycles. The number of aromatic amines is 1. The number of nitrogens with one attached hydrogen (secondary N) is 2. The molecule has 0 radical (unpaired) electrons. The van der Waals surface area contributed by atoms with Crippen LogP contribution >= 0.6 is 0 Å². The van der Waals surface area contributed by atoms with Crippen molar-refractivity contribution in [3.63, 3.8) is 0 Å². The number of carbonyl (C=O) groups is 1. The number of ether oxygens (including phenoxy) is 1. The molecule has 2 heterocycles. The number of rotatable bonds is 7. The molecule has 0 saturated carbocycles. The van der Waals surface area contributed by atoms with E-state index in [-0.39, 0.29) is 5.91 Å². The minimum Gasteiger partial charge on any atom is -0.494 e. The van der Waals surface area contributed by atoms with E-state index in [1.54, 1.807) is 0 Å². The number of fused-ring (bicyclic) bond motifs is 1. The maximum absolute atomic E-state index is 12.0. The lowest BCUT2D eigenvalue weighted by molar-refractivity contribution is 0.0949. The molecule has 1 saturated heterocycles. The third kappa shape index (κ3) is 3.90. The van der Waals surface area contributed by atoms with Crippen LogP contribution in [-0.4, -0.2) is 48.6 Å². The van der Waals surface area contributed by atoms with E-state index in [9.17, 15) is 4.79 Å². The van der Waals surface area contributed by atoms with Gasteiger partial charge in [-0.1, -0.05) is 6.92 Å². The second kappa shape index (κ2) is 7.71. The van der Waals surface area contributed by atoms with E-state index in [0.717, 1.165) is 36.1 Å². The fourth-order valence-corrected chi connectivity index (χ4v) is 3.31. The lowest BCUT2D eigenvalue weighted by Crippen LogP contribution is -2.26. The average Bonchev–Trinajstić information content (AvgIpc) is 3.18. The maximum Gasteiger partial charge on any atom is 0.267 e. The third-order valence-electron chi connectivity index (χ3n) is 4.76. The molecule has 0 bridgehead atoms. The van der Waals surface area contributed by atoms with Gasteiger partial charge in [0.05, 0.1) is 6.61 Å². The Labute approximate surface area is 143 Å². The van der Waals surface area contributed by atoms with Gasteiger partial charge in [-0.3, -0.25) is 4.79 Å². The standard InChI is InChI=1S/C19H27N3O2/c1-3-9-20-19(23)18-13-14-12-16(6-7-17(14)21-18)24-11-8-15-5-4-10-22(15)2/h6-7,12-13,15,21H,3-5,8-11H2,1-2H3,(H,20,23). The Morgan fingerprint density at radius 3 is 3.04 bits per heavy atom. The summed E-state index contributed by atoms with van der Waals surface area (Å²) < 4.78 is 5.92. The number of carbonyl (C=O) groups excluding carboxylic acids is 1. The Hall–Kier alpha value is -2.01. The van der Waals surface area contributed by atoms with Crippen LogP contribution in [0, 0.1) is 0 Å². The van der Waals surface area contributed by atoms with Crippen LogP contribution in [0.3, 0.4) is 0 Å². The highest BCUT2D eigenvalue weighted by atomic mass is 16.5. The van der Waals surface area contributed by atoms with E-state index in [1.165, 1.54) is 19.4 Å². The first kappa shape index (κ1) is 16.8. The van der Waals surface area contributed by atoms with Crippen molar-refractivity contribution in [2.75, 3.05) is 26.7 Å². The molecule has 2 N–H and O–H groups in total. The number of H-pyrrole nitrogens is 1. The van der Waals surface area contributed by atoms with E-state index in [0.29, 0.717) is 18.3 Å². The van der Waals surface area contributed by atoms with Crippen molar-refractivity contribution in [1.82, 2.24) is 15.2 Å². The van der Waals surface area contributed by atoms with Crippen LogP contribution in [0.4, 0.5) is 0 Å². The second-order valence-electron chi connectivity index (χ2n) is 6.60. The van der Waals surface area contributed by atoms with Gasteiger partial charge in [-0.2, -0.15) is 0 Å². The minimum atomic E-state index is -0.0558. The Balaban J connectivity index is 1.60. The quantitative estimate of drug-likeness (QED) is 0.820. The van der Waals surface area contributed by atoms with Gasteiger partial charge in [0.15, 0.2) is 0 Å². The summed E-state index contributed by atoms with van der Waals surface area (Å²) in [7, 11) is 2.19. The average molecular weight is 329 g/mol. The molecule has 1 aromatic heterocycles. The minimum absolute atomic E-state index is 0.0558. The van der Waals surface area contributed by atoms with E-state index in [1.807, 2.05) is 31.2 Å². The van der Waals surface area contributed by atoms with Crippen LogP contribution in [0.1, 0.15) is 43.1 Å². The maximum atomic E-state index is 12.0. The van der Waals surface area contributed by atoms with Crippen molar-refractivity contribution >= 4 is 16.8 Å². The first-order chi connectivity index (χ1) is 11.7. The van der Waals surface area contributed by atoms with Crippen molar-refractivity contribution < 1.29 is 9.53 Å². The lowest BCUT2D eigenvalue weighted by Gasteiger charge is -2.19. The normalized spacial score (nSPS) is 18.2. The van der Waals surface area contributed by atoms with Crippen LogP contribution in [0.15, 0.2) is 24.3 Å². The van der Waals surface area contributed by atoms with Crippen molar-refractivity contribution in [3.05, 3.63) is 30.0 Å². The molecule has 1 unspecified atom stereocenters. The molecular formula is C19H27N3O2. The Morgan fingerprint density at radius 2 is 2.29 bits per heavy atom. The molecule has 1 atom stereocenters. The molecule has 3 rings (SSSR count). The highest BCUT2D eigenvalue weighted by molar-refractivity contribution is 5.98. The molecule has 5 nitrogen and oxygen atoms in total. The van der Waals surface area contributed by atoms with Crippen molar-refractivity contribution in [1.29, 1.82) is 0 Å². The molecule has 0 aliphatic carbocycles. The summed E-state index contributed by atoms with van der Waals surface area (Å²) >= 11 is 0. The molecule has 1 fully saturated rings. The van der Waals surface area contributed by atoms with E-state index >= 15 is 0 Å². The summed E-state index contributed by atoms with van der Waals surface area (Å²) in [4.78, 5) is 17.6. The van der Waals surface area contributed by atoms with Gasteiger partial charge in [0, 0.05) is 23.5 Å².